The van der Waals surface area contributed by atoms with E-state index in [0.717, 1.165) is 12.3 Å². The first-order valence-corrected chi connectivity index (χ1v) is 12.3. The number of hydrogen-bond donors (Lipinski definition) is 0. The Morgan fingerprint density at radius 3 is 1.56 bits per heavy atom. The lowest BCUT2D eigenvalue weighted by molar-refractivity contribution is 1.39. The van der Waals surface area contributed by atoms with Gasteiger partial charge in [-0.15, -0.1) is 0 Å². The molecule has 0 saturated heterocycles. The van der Waals surface area contributed by atoms with Gasteiger partial charge in [0.15, 0.2) is 0 Å². The van der Waals surface area contributed by atoms with Gasteiger partial charge < -0.3 is 0 Å². The summed E-state index contributed by atoms with van der Waals surface area (Å²) in [5, 5.41) is 5.34. The Kier molecular flexibility index (Phi) is 3.39. The van der Waals surface area contributed by atoms with Crippen LogP contribution in [0.5, 0.6) is 0 Å². The summed E-state index contributed by atoms with van der Waals surface area (Å²) < 4.78 is 0. The van der Waals surface area contributed by atoms with Crippen molar-refractivity contribution >= 4 is 39.4 Å². The summed E-state index contributed by atoms with van der Waals surface area (Å²) in [6, 6.07) is 25.3. The van der Waals surface area contributed by atoms with Crippen molar-refractivity contribution in [3.8, 4) is 11.1 Å². The number of fused-ring (bicyclic) bond motifs is 7. The minimum Gasteiger partial charge on any atom is -0.0971 e. The molecule has 0 spiro atoms. The molecule has 0 bridgehead atoms. The van der Waals surface area contributed by atoms with Crippen LogP contribution in [0.25, 0.3) is 32.7 Å². The summed E-state index contributed by atoms with van der Waals surface area (Å²) in [4.78, 5) is 0. The highest BCUT2D eigenvalue weighted by molar-refractivity contribution is 8.13. The maximum atomic E-state index is 6.09. The molecule has 0 fully saturated rings. The fourth-order valence-corrected chi connectivity index (χ4v) is 7.18. The maximum Gasteiger partial charge on any atom is 0.00247 e. The smallest absolute Gasteiger partial charge is 0.00247 e. The Balaban J connectivity index is 2.02. The lowest BCUT2D eigenvalue weighted by Crippen LogP contribution is -1.92. The monoisotopic (exact) mass is 358 g/mol. The predicted molar refractivity (Wildman–Crippen MR) is 115 cm³/mol. The van der Waals surface area contributed by atoms with Gasteiger partial charge in [-0.1, -0.05) is 84.6 Å². The van der Waals surface area contributed by atoms with E-state index in [1.165, 1.54) is 43.8 Å². The number of hydrogen-bond acceptors (Lipinski definition) is 1. The highest BCUT2D eigenvalue weighted by atomic mass is 32.4. The Morgan fingerprint density at radius 2 is 1.08 bits per heavy atom. The third kappa shape index (κ3) is 2.46. The number of benzene rings is 4. The quantitative estimate of drug-likeness (QED) is 0.312. The fourth-order valence-electron chi connectivity index (χ4n) is 4.26. The minimum atomic E-state index is -1.42. The molecule has 4 aromatic rings. The van der Waals surface area contributed by atoms with Gasteiger partial charge in [0.2, 0.25) is 0 Å². The van der Waals surface area contributed by atoms with Crippen LogP contribution in [0.1, 0.15) is 11.1 Å². The average Bonchev–Trinajstić information content (AvgIpc) is 2.73. The van der Waals surface area contributed by atoms with Crippen molar-refractivity contribution in [2.24, 2.45) is 0 Å². The molecule has 0 unspecified atom stereocenters. The molecule has 0 N–H and O–H groups in total. The second-order valence-corrected chi connectivity index (χ2v) is 13.1. The van der Waals surface area contributed by atoms with E-state index in [4.69, 9.17) is 11.8 Å². The molecule has 0 amide bonds. The molecule has 2 heteroatoms. The van der Waals surface area contributed by atoms with Crippen LogP contribution in [-0.2, 0) is 24.1 Å². The third-order valence-electron chi connectivity index (χ3n) is 5.29. The Hall–Kier alpha value is -1.95. The summed E-state index contributed by atoms with van der Waals surface area (Å²) in [7, 11) is 0. The second-order valence-electron chi connectivity index (χ2n) is 7.25. The average molecular weight is 358 g/mol. The van der Waals surface area contributed by atoms with Gasteiger partial charge in [0, 0.05) is 12.3 Å². The molecule has 122 valence electrons. The molecule has 0 aliphatic carbocycles. The standard InChI is InChI=1S/C23H19PS/c1-24(25)14-18-12-10-16-6-2-4-8-20(16)22(18)23-19(15-24)13-11-17-7-3-5-9-21(17)23/h2-13H,14-15H2,1H3. The van der Waals surface area contributed by atoms with E-state index in [0.29, 0.717) is 0 Å². The van der Waals surface area contributed by atoms with E-state index in [1.807, 2.05) is 0 Å². The fraction of sp³-hybridized carbons (Fsp3) is 0.130. The summed E-state index contributed by atoms with van der Waals surface area (Å²) >= 11 is 6.09. The molecule has 0 radical (unpaired) electrons. The van der Waals surface area contributed by atoms with E-state index < -0.39 is 6.04 Å². The molecule has 4 aromatic carbocycles. The van der Waals surface area contributed by atoms with Crippen molar-refractivity contribution in [3.05, 3.63) is 83.9 Å². The number of rotatable bonds is 0. The summed E-state index contributed by atoms with van der Waals surface area (Å²) in [5.41, 5.74) is 5.69. The van der Waals surface area contributed by atoms with Crippen molar-refractivity contribution in [1.82, 2.24) is 0 Å². The van der Waals surface area contributed by atoms with Gasteiger partial charge in [-0.3, -0.25) is 0 Å². The van der Waals surface area contributed by atoms with E-state index in [1.54, 1.807) is 0 Å². The van der Waals surface area contributed by atoms with Gasteiger partial charge in [-0.2, -0.15) is 0 Å². The van der Waals surface area contributed by atoms with Crippen molar-refractivity contribution in [3.63, 3.8) is 0 Å². The molecule has 0 saturated carbocycles. The van der Waals surface area contributed by atoms with E-state index in [-0.39, 0.29) is 0 Å². The van der Waals surface area contributed by atoms with Crippen LogP contribution in [-0.4, -0.2) is 6.66 Å². The van der Waals surface area contributed by atoms with Gasteiger partial charge in [-0.25, -0.2) is 0 Å². The van der Waals surface area contributed by atoms with Crippen LogP contribution in [0.4, 0.5) is 0 Å². The molecular formula is C23H19PS. The molecule has 0 aromatic heterocycles. The van der Waals surface area contributed by atoms with Crippen molar-refractivity contribution < 1.29 is 0 Å². The minimum absolute atomic E-state index is 1.05. The van der Waals surface area contributed by atoms with E-state index in [2.05, 4.69) is 79.5 Å². The zero-order valence-electron chi connectivity index (χ0n) is 14.2. The van der Waals surface area contributed by atoms with Crippen LogP contribution in [0.15, 0.2) is 72.8 Å². The van der Waals surface area contributed by atoms with Gasteiger partial charge in [0.25, 0.3) is 0 Å². The molecular weight excluding hydrogens is 339 g/mol. The lowest BCUT2D eigenvalue weighted by atomic mass is 9.88. The van der Waals surface area contributed by atoms with Crippen LogP contribution in [0.2, 0.25) is 0 Å². The SMILES string of the molecule is CP1(=S)Cc2ccc3ccccc3c2-c2c(ccc3ccccc23)C1. The lowest BCUT2D eigenvalue weighted by Gasteiger charge is -2.15. The maximum absolute atomic E-state index is 6.09. The first-order valence-electron chi connectivity index (χ1n) is 8.70. The zero-order chi connectivity index (χ0) is 17.0. The highest BCUT2D eigenvalue weighted by Gasteiger charge is 2.25. The normalized spacial score (nSPS) is 15.6. The molecule has 1 heterocycles. The Labute approximate surface area is 153 Å². The molecule has 0 nitrogen and oxygen atoms in total. The van der Waals surface area contributed by atoms with Gasteiger partial charge in [-0.05, 0) is 56.5 Å². The van der Waals surface area contributed by atoms with Crippen molar-refractivity contribution in [1.29, 1.82) is 0 Å². The first-order chi connectivity index (χ1) is 12.1. The van der Waals surface area contributed by atoms with Gasteiger partial charge in [0.1, 0.15) is 0 Å². The Morgan fingerprint density at radius 1 is 0.640 bits per heavy atom. The third-order valence-corrected chi connectivity index (χ3v) is 8.08. The van der Waals surface area contributed by atoms with E-state index >= 15 is 0 Å². The summed E-state index contributed by atoms with van der Waals surface area (Å²) in [6.45, 7) is 2.32. The molecule has 1 aliphatic rings. The molecule has 5 rings (SSSR count). The van der Waals surface area contributed by atoms with Crippen molar-refractivity contribution in [2.75, 3.05) is 6.66 Å². The van der Waals surface area contributed by atoms with E-state index in [9.17, 15) is 0 Å². The van der Waals surface area contributed by atoms with Crippen LogP contribution in [0.3, 0.4) is 0 Å². The molecule has 1 aliphatic heterocycles. The second kappa shape index (κ2) is 5.53. The van der Waals surface area contributed by atoms with Gasteiger partial charge >= 0.3 is 0 Å². The van der Waals surface area contributed by atoms with Crippen molar-refractivity contribution in [2.45, 2.75) is 12.3 Å². The van der Waals surface area contributed by atoms with Crippen LogP contribution < -0.4 is 0 Å². The molecule has 25 heavy (non-hydrogen) atoms. The summed E-state index contributed by atoms with van der Waals surface area (Å²) in [5.74, 6) is 0. The zero-order valence-corrected chi connectivity index (χ0v) is 15.9. The van der Waals surface area contributed by atoms with Crippen LogP contribution in [0, 0.1) is 0 Å². The largest absolute Gasteiger partial charge is 0.0971 e. The highest BCUT2D eigenvalue weighted by Crippen LogP contribution is 2.56. The first kappa shape index (κ1) is 15.3. The Bertz CT molecular complexity index is 1100. The predicted octanol–water partition coefficient (Wildman–Crippen LogP) is 6.78. The summed E-state index contributed by atoms with van der Waals surface area (Å²) in [6.07, 6.45) is 2.09. The van der Waals surface area contributed by atoms with Crippen LogP contribution >= 0.6 is 6.04 Å². The molecule has 0 atom stereocenters. The topological polar surface area (TPSA) is 0 Å². The van der Waals surface area contributed by atoms with Gasteiger partial charge in [0.05, 0.1) is 0 Å².